The Morgan fingerprint density at radius 1 is 1.03 bits per heavy atom. The zero-order valence-corrected chi connectivity index (χ0v) is 20.9. The summed E-state index contributed by atoms with van der Waals surface area (Å²) in [5, 5.41) is 2.87. The Bertz CT molecular complexity index is 1080. The van der Waals surface area contributed by atoms with Gasteiger partial charge in [-0.2, -0.15) is 16.1 Å². The Kier molecular flexibility index (Phi) is 8.56. The van der Waals surface area contributed by atoms with E-state index < -0.39 is 16.1 Å². The van der Waals surface area contributed by atoms with Crippen LogP contribution in [-0.4, -0.2) is 73.7 Å². The predicted octanol–water partition coefficient (Wildman–Crippen LogP) is 2.69. The van der Waals surface area contributed by atoms with Crippen LogP contribution < -0.4 is 5.32 Å². The molecule has 1 aliphatic rings. The second kappa shape index (κ2) is 11.2. The number of carbonyl (C=O) groups is 2. The fourth-order valence-electron chi connectivity index (χ4n) is 3.92. The van der Waals surface area contributed by atoms with Crippen molar-refractivity contribution in [3.8, 4) is 0 Å². The summed E-state index contributed by atoms with van der Waals surface area (Å²) >= 11 is 1.61. The molecule has 3 rings (SSSR count). The van der Waals surface area contributed by atoms with Gasteiger partial charge in [-0.3, -0.25) is 9.59 Å². The van der Waals surface area contributed by atoms with Crippen molar-refractivity contribution in [3.63, 3.8) is 0 Å². The molecule has 9 heteroatoms. The van der Waals surface area contributed by atoms with E-state index in [2.05, 4.69) is 5.32 Å². The number of nitrogens with one attached hydrogen (secondary N) is 1. The van der Waals surface area contributed by atoms with Crippen molar-refractivity contribution in [2.24, 2.45) is 0 Å². The molecule has 0 saturated carbocycles. The van der Waals surface area contributed by atoms with E-state index in [1.54, 1.807) is 60.0 Å². The zero-order chi connectivity index (χ0) is 24.0. The van der Waals surface area contributed by atoms with Crippen LogP contribution in [0, 0.1) is 13.8 Å². The van der Waals surface area contributed by atoms with Crippen LogP contribution in [0.2, 0.25) is 0 Å². The highest BCUT2D eigenvalue weighted by Gasteiger charge is 2.33. The number of hydrogen-bond acceptors (Lipinski definition) is 5. The summed E-state index contributed by atoms with van der Waals surface area (Å²) in [5.41, 5.74) is 2.23. The van der Waals surface area contributed by atoms with Crippen LogP contribution in [0.3, 0.4) is 0 Å². The van der Waals surface area contributed by atoms with E-state index in [-0.39, 0.29) is 24.9 Å². The summed E-state index contributed by atoms with van der Waals surface area (Å²) in [4.78, 5) is 27.8. The molecule has 1 fully saturated rings. The average Bonchev–Trinajstić information content (AvgIpc) is 2.81. The first-order chi connectivity index (χ1) is 15.7. The minimum Gasteiger partial charge on any atom is -0.340 e. The van der Waals surface area contributed by atoms with Gasteiger partial charge in [0.15, 0.2) is 0 Å². The number of nitrogens with zero attached hydrogens (tertiary/aromatic N) is 2. The standard InChI is InChI=1S/C24H31N3O4S2/c1-18-9-10-22(19(2)17-18)33(30,31)27-14-12-26(13-15-27)24(29)21(11-16-32-3)25-23(28)20-7-5-4-6-8-20/h4-10,17,21H,11-16H2,1-3H3,(H,25,28). The molecule has 2 aromatic rings. The van der Waals surface area contributed by atoms with Gasteiger partial charge in [0.1, 0.15) is 6.04 Å². The first-order valence-corrected chi connectivity index (χ1v) is 13.8. The molecule has 1 N–H and O–H groups in total. The summed E-state index contributed by atoms with van der Waals surface area (Å²) < 4.78 is 27.7. The van der Waals surface area contributed by atoms with Crippen LogP contribution in [-0.2, 0) is 14.8 Å². The maximum atomic E-state index is 13.2. The first-order valence-electron chi connectivity index (χ1n) is 10.9. The van der Waals surface area contributed by atoms with E-state index in [4.69, 9.17) is 0 Å². The summed E-state index contributed by atoms with van der Waals surface area (Å²) in [6.07, 6.45) is 2.47. The summed E-state index contributed by atoms with van der Waals surface area (Å²) in [6, 6.07) is 13.5. The lowest BCUT2D eigenvalue weighted by atomic mass is 10.1. The van der Waals surface area contributed by atoms with Gasteiger partial charge in [-0.25, -0.2) is 8.42 Å². The molecule has 178 valence electrons. The quantitative estimate of drug-likeness (QED) is 0.616. The Morgan fingerprint density at radius 2 is 1.70 bits per heavy atom. The molecule has 0 bridgehead atoms. The highest BCUT2D eigenvalue weighted by atomic mass is 32.2. The molecular formula is C24H31N3O4S2. The van der Waals surface area contributed by atoms with E-state index in [1.165, 1.54) is 4.31 Å². The monoisotopic (exact) mass is 489 g/mol. The van der Waals surface area contributed by atoms with Crippen molar-refractivity contribution in [2.45, 2.75) is 31.2 Å². The number of rotatable bonds is 8. The third-order valence-electron chi connectivity index (χ3n) is 5.75. The van der Waals surface area contributed by atoms with Gasteiger partial charge >= 0.3 is 0 Å². The summed E-state index contributed by atoms with van der Waals surface area (Å²) in [7, 11) is -3.63. The lowest BCUT2D eigenvalue weighted by Crippen LogP contribution is -2.56. The molecule has 1 atom stereocenters. The molecule has 1 heterocycles. The van der Waals surface area contributed by atoms with Crippen molar-refractivity contribution in [1.29, 1.82) is 0 Å². The highest BCUT2D eigenvalue weighted by molar-refractivity contribution is 7.98. The van der Waals surface area contributed by atoms with Gasteiger partial charge < -0.3 is 10.2 Å². The predicted molar refractivity (Wildman–Crippen MR) is 132 cm³/mol. The largest absolute Gasteiger partial charge is 0.340 e. The number of amides is 2. The third-order valence-corrected chi connectivity index (χ3v) is 8.45. The molecule has 7 nitrogen and oxygen atoms in total. The maximum Gasteiger partial charge on any atom is 0.251 e. The van der Waals surface area contributed by atoms with Gasteiger partial charge in [0.05, 0.1) is 4.90 Å². The van der Waals surface area contributed by atoms with Gasteiger partial charge in [0.25, 0.3) is 5.91 Å². The van der Waals surface area contributed by atoms with Crippen molar-refractivity contribution in [3.05, 3.63) is 65.2 Å². The fourth-order valence-corrected chi connectivity index (χ4v) is 6.02. The topological polar surface area (TPSA) is 86.8 Å². The molecule has 0 radical (unpaired) electrons. The molecule has 1 saturated heterocycles. The molecule has 1 unspecified atom stereocenters. The molecular weight excluding hydrogens is 458 g/mol. The van der Waals surface area contributed by atoms with Gasteiger partial charge in [0.2, 0.25) is 15.9 Å². The van der Waals surface area contributed by atoms with Gasteiger partial charge in [0, 0.05) is 31.7 Å². The summed E-state index contributed by atoms with van der Waals surface area (Å²) in [6.45, 7) is 4.76. The van der Waals surface area contributed by atoms with Crippen molar-refractivity contribution in [2.75, 3.05) is 38.2 Å². The van der Waals surface area contributed by atoms with Gasteiger partial charge in [-0.05, 0) is 56.0 Å². The van der Waals surface area contributed by atoms with Crippen LogP contribution in [0.25, 0.3) is 0 Å². The number of benzene rings is 2. The van der Waals surface area contributed by atoms with Crippen molar-refractivity contribution >= 4 is 33.6 Å². The van der Waals surface area contributed by atoms with Crippen LogP contribution in [0.5, 0.6) is 0 Å². The Morgan fingerprint density at radius 3 is 2.30 bits per heavy atom. The van der Waals surface area contributed by atoms with Crippen LogP contribution in [0.1, 0.15) is 27.9 Å². The SMILES string of the molecule is CSCCC(NC(=O)c1ccccc1)C(=O)N1CCN(S(=O)(=O)c2ccc(C)cc2C)CC1. The van der Waals surface area contributed by atoms with E-state index >= 15 is 0 Å². The van der Waals surface area contributed by atoms with Gasteiger partial charge in [-0.15, -0.1) is 0 Å². The van der Waals surface area contributed by atoms with E-state index in [0.717, 1.165) is 11.3 Å². The van der Waals surface area contributed by atoms with E-state index in [9.17, 15) is 18.0 Å². The Balaban J connectivity index is 1.67. The molecule has 2 aromatic carbocycles. The second-order valence-corrected chi connectivity index (χ2v) is 11.1. The first kappa shape index (κ1) is 25.3. The lowest BCUT2D eigenvalue weighted by molar-refractivity contribution is -0.134. The smallest absolute Gasteiger partial charge is 0.251 e. The number of sulfonamides is 1. The molecule has 0 spiro atoms. The number of hydrogen-bond donors (Lipinski definition) is 1. The van der Waals surface area contributed by atoms with Crippen molar-refractivity contribution in [1.82, 2.24) is 14.5 Å². The number of piperazine rings is 1. The van der Waals surface area contributed by atoms with Gasteiger partial charge in [-0.1, -0.05) is 35.9 Å². The number of carbonyl (C=O) groups excluding carboxylic acids is 2. The minimum atomic E-state index is -3.63. The van der Waals surface area contributed by atoms with Crippen LogP contribution >= 0.6 is 11.8 Å². The number of thioether (sulfide) groups is 1. The molecule has 1 aliphatic heterocycles. The van der Waals surface area contributed by atoms with Crippen LogP contribution in [0.4, 0.5) is 0 Å². The van der Waals surface area contributed by atoms with E-state index in [1.807, 2.05) is 25.3 Å². The minimum absolute atomic E-state index is 0.170. The zero-order valence-electron chi connectivity index (χ0n) is 19.3. The fraction of sp³-hybridized carbons (Fsp3) is 0.417. The lowest BCUT2D eigenvalue weighted by Gasteiger charge is -2.36. The molecule has 2 amide bonds. The Hall–Kier alpha value is -2.36. The normalized spacial score (nSPS) is 15.8. The maximum absolute atomic E-state index is 13.2. The second-order valence-electron chi connectivity index (χ2n) is 8.17. The van der Waals surface area contributed by atoms with Crippen molar-refractivity contribution < 1.29 is 18.0 Å². The molecule has 0 aromatic heterocycles. The third kappa shape index (κ3) is 6.16. The average molecular weight is 490 g/mol. The number of aryl methyl sites for hydroxylation is 2. The summed E-state index contributed by atoms with van der Waals surface area (Å²) in [5.74, 6) is 0.273. The highest BCUT2D eigenvalue weighted by Crippen LogP contribution is 2.22. The molecule has 33 heavy (non-hydrogen) atoms. The van der Waals surface area contributed by atoms with Crippen LogP contribution in [0.15, 0.2) is 53.4 Å². The molecule has 0 aliphatic carbocycles. The Labute approximate surface area is 200 Å². The van der Waals surface area contributed by atoms with E-state index in [0.29, 0.717) is 35.5 Å².